The Balaban J connectivity index is 1.84. The average Bonchev–Trinajstić information content (AvgIpc) is 2.89. The lowest BCUT2D eigenvalue weighted by Gasteiger charge is -2.24. The smallest absolute Gasteiger partial charge is 0.161 e. The van der Waals surface area contributed by atoms with Gasteiger partial charge in [-0.1, -0.05) is 13.0 Å². The Morgan fingerprint density at radius 3 is 2.80 bits per heavy atom. The normalized spacial score (nSPS) is 23.4. The number of benzene rings is 1. The van der Waals surface area contributed by atoms with E-state index in [2.05, 4.69) is 24.4 Å². The molecule has 3 rings (SSSR count). The molecular formula is C16H23NO3. The van der Waals surface area contributed by atoms with Crippen molar-refractivity contribution in [2.75, 3.05) is 33.0 Å². The van der Waals surface area contributed by atoms with Crippen LogP contribution in [0.5, 0.6) is 11.5 Å². The molecule has 20 heavy (non-hydrogen) atoms. The largest absolute Gasteiger partial charge is 0.490 e. The first-order chi connectivity index (χ1) is 9.88. The lowest BCUT2D eigenvalue weighted by atomic mass is 9.92. The molecule has 2 atom stereocenters. The van der Waals surface area contributed by atoms with E-state index in [4.69, 9.17) is 14.2 Å². The van der Waals surface area contributed by atoms with Gasteiger partial charge in [-0.2, -0.15) is 0 Å². The Labute approximate surface area is 120 Å². The third-order valence-corrected chi connectivity index (χ3v) is 3.99. The first-order valence-corrected chi connectivity index (χ1v) is 7.59. The van der Waals surface area contributed by atoms with Crippen LogP contribution < -0.4 is 14.8 Å². The maximum absolute atomic E-state index is 5.80. The van der Waals surface area contributed by atoms with Gasteiger partial charge in [0, 0.05) is 25.0 Å². The van der Waals surface area contributed by atoms with Gasteiger partial charge in [-0.25, -0.2) is 0 Å². The van der Waals surface area contributed by atoms with Crippen LogP contribution in [0, 0.1) is 5.92 Å². The molecule has 0 aromatic heterocycles. The molecule has 2 aliphatic heterocycles. The highest BCUT2D eigenvalue weighted by molar-refractivity contribution is 5.44. The van der Waals surface area contributed by atoms with Gasteiger partial charge in [0.2, 0.25) is 0 Å². The second-order valence-corrected chi connectivity index (χ2v) is 5.42. The third kappa shape index (κ3) is 2.91. The van der Waals surface area contributed by atoms with E-state index in [0.29, 0.717) is 12.0 Å². The second-order valence-electron chi connectivity index (χ2n) is 5.42. The summed E-state index contributed by atoms with van der Waals surface area (Å²) in [5.41, 5.74) is 1.27. The van der Waals surface area contributed by atoms with E-state index in [1.54, 1.807) is 0 Å². The molecule has 0 saturated carbocycles. The monoisotopic (exact) mass is 277 g/mol. The maximum atomic E-state index is 5.80. The fraction of sp³-hybridized carbons (Fsp3) is 0.625. The fourth-order valence-corrected chi connectivity index (χ4v) is 2.97. The van der Waals surface area contributed by atoms with Gasteiger partial charge in [0.25, 0.3) is 0 Å². The van der Waals surface area contributed by atoms with Crippen LogP contribution in [0.2, 0.25) is 0 Å². The molecule has 2 aliphatic rings. The van der Waals surface area contributed by atoms with Crippen LogP contribution in [0.1, 0.15) is 31.4 Å². The molecule has 0 spiro atoms. The Hall–Kier alpha value is -1.26. The van der Waals surface area contributed by atoms with Crippen LogP contribution in [0.25, 0.3) is 0 Å². The first kappa shape index (κ1) is 13.7. The molecule has 2 heterocycles. The van der Waals surface area contributed by atoms with E-state index in [-0.39, 0.29) is 0 Å². The van der Waals surface area contributed by atoms with Gasteiger partial charge in [-0.15, -0.1) is 0 Å². The topological polar surface area (TPSA) is 39.7 Å². The van der Waals surface area contributed by atoms with Crippen molar-refractivity contribution in [3.05, 3.63) is 23.8 Å². The van der Waals surface area contributed by atoms with Crippen molar-refractivity contribution >= 4 is 0 Å². The van der Waals surface area contributed by atoms with Crippen molar-refractivity contribution in [1.29, 1.82) is 0 Å². The molecule has 2 unspecified atom stereocenters. The van der Waals surface area contributed by atoms with Crippen LogP contribution in [0.15, 0.2) is 18.2 Å². The number of fused-ring (bicyclic) bond motifs is 1. The molecule has 1 N–H and O–H groups in total. The van der Waals surface area contributed by atoms with Crippen LogP contribution in [0.4, 0.5) is 0 Å². The molecular weight excluding hydrogens is 254 g/mol. The van der Waals surface area contributed by atoms with E-state index < -0.39 is 0 Å². The maximum Gasteiger partial charge on any atom is 0.161 e. The highest BCUT2D eigenvalue weighted by Crippen LogP contribution is 2.35. The number of ether oxygens (including phenoxy) is 3. The minimum absolute atomic E-state index is 0.333. The summed E-state index contributed by atoms with van der Waals surface area (Å²) in [5, 5.41) is 3.59. The molecule has 110 valence electrons. The van der Waals surface area contributed by atoms with Gasteiger partial charge in [-0.05, 0) is 30.7 Å². The predicted octanol–water partition coefficient (Wildman–Crippen LogP) is 2.54. The van der Waals surface area contributed by atoms with Crippen molar-refractivity contribution in [2.45, 2.75) is 25.8 Å². The number of nitrogens with one attached hydrogen (secondary N) is 1. The molecule has 1 aromatic rings. The van der Waals surface area contributed by atoms with Crippen molar-refractivity contribution < 1.29 is 14.2 Å². The van der Waals surface area contributed by atoms with Crippen molar-refractivity contribution in [3.63, 3.8) is 0 Å². The van der Waals surface area contributed by atoms with Crippen molar-refractivity contribution in [2.24, 2.45) is 5.92 Å². The van der Waals surface area contributed by atoms with Crippen molar-refractivity contribution in [1.82, 2.24) is 5.32 Å². The Kier molecular flexibility index (Phi) is 4.43. The molecule has 4 heteroatoms. The lowest BCUT2D eigenvalue weighted by molar-refractivity contribution is 0.177. The molecule has 1 saturated heterocycles. The Bertz CT molecular complexity index is 443. The zero-order chi connectivity index (χ0) is 13.8. The SMILES string of the molecule is CCNC(c1ccc2c(c1)OCCCO2)C1CCOC1. The number of hydrogen-bond acceptors (Lipinski definition) is 4. The van der Waals surface area contributed by atoms with E-state index in [0.717, 1.165) is 57.3 Å². The highest BCUT2D eigenvalue weighted by Gasteiger charge is 2.27. The summed E-state index contributed by atoms with van der Waals surface area (Å²) in [6.07, 6.45) is 2.06. The predicted molar refractivity (Wildman–Crippen MR) is 77.4 cm³/mol. The molecule has 0 amide bonds. The van der Waals surface area contributed by atoms with E-state index in [1.165, 1.54) is 5.56 Å². The van der Waals surface area contributed by atoms with Gasteiger partial charge in [0.15, 0.2) is 11.5 Å². The van der Waals surface area contributed by atoms with Gasteiger partial charge >= 0.3 is 0 Å². The van der Waals surface area contributed by atoms with Crippen molar-refractivity contribution in [3.8, 4) is 11.5 Å². The van der Waals surface area contributed by atoms with Gasteiger partial charge < -0.3 is 19.5 Å². The first-order valence-electron chi connectivity index (χ1n) is 7.59. The fourth-order valence-electron chi connectivity index (χ4n) is 2.97. The van der Waals surface area contributed by atoms with E-state index in [9.17, 15) is 0 Å². The summed E-state index contributed by atoms with van der Waals surface area (Å²) in [7, 11) is 0. The Morgan fingerprint density at radius 1 is 1.20 bits per heavy atom. The Morgan fingerprint density at radius 2 is 2.05 bits per heavy atom. The van der Waals surface area contributed by atoms with Crippen LogP contribution in [-0.4, -0.2) is 33.0 Å². The quantitative estimate of drug-likeness (QED) is 0.918. The van der Waals surface area contributed by atoms with Gasteiger partial charge in [-0.3, -0.25) is 0 Å². The summed E-state index contributed by atoms with van der Waals surface area (Å²) in [6, 6.07) is 6.65. The van der Waals surface area contributed by atoms with E-state index >= 15 is 0 Å². The zero-order valence-electron chi connectivity index (χ0n) is 12.1. The van der Waals surface area contributed by atoms with Gasteiger partial charge in [0.05, 0.1) is 19.8 Å². The summed E-state index contributed by atoms with van der Waals surface area (Å²) < 4.78 is 17.0. The zero-order valence-corrected chi connectivity index (χ0v) is 12.1. The average molecular weight is 277 g/mol. The summed E-state index contributed by atoms with van der Waals surface area (Å²) in [5.74, 6) is 2.28. The van der Waals surface area contributed by atoms with Crippen LogP contribution in [-0.2, 0) is 4.74 Å². The summed E-state index contributed by atoms with van der Waals surface area (Å²) >= 11 is 0. The van der Waals surface area contributed by atoms with Gasteiger partial charge in [0.1, 0.15) is 0 Å². The molecule has 0 aliphatic carbocycles. The minimum atomic E-state index is 0.333. The third-order valence-electron chi connectivity index (χ3n) is 3.99. The molecule has 0 bridgehead atoms. The molecule has 1 fully saturated rings. The molecule has 0 radical (unpaired) electrons. The standard InChI is InChI=1S/C16H23NO3/c1-2-17-16(13-6-9-18-11-13)12-4-5-14-15(10-12)20-8-3-7-19-14/h4-5,10,13,16-17H,2-3,6-9,11H2,1H3. The minimum Gasteiger partial charge on any atom is -0.490 e. The molecule has 1 aromatic carbocycles. The van der Waals surface area contributed by atoms with Crippen LogP contribution >= 0.6 is 0 Å². The number of hydrogen-bond donors (Lipinski definition) is 1. The van der Waals surface area contributed by atoms with Crippen LogP contribution in [0.3, 0.4) is 0 Å². The van der Waals surface area contributed by atoms with E-state index in [1.807, 2.05) is 6.07 Å². The summed E-state index contributed by atoms with van der Waals surface area (Å²) in [6.45, 7) is 6.28. The molecule has 4 nitrogen and oxygen atoms in total. The highest BCUT2D eigenvalue weighted by atomic mass is 16.5. The second kappa shape index (κ2) is 6.46. The lowest BCUT2D eigenvalue weighted by Crippen LogP contribution is -2.28. The summed E-state index contributed by atoms with van der Waals surface area (Å²) in [4.78, 5) is 0. The number of rotatable bonds is 4.